The average molecular weight is 329 g/mol. The third-order valence-electron chi connectivity index (χ3n) is 3.41. The van der Waals surface area contributed by atoms with Crippen LogP contribution in [-0.4, -0.2) is 47.2 Å². The average Bonchev–Trinajstić information content (AvgIpc) is 3.10. The first-order chi connectivity index (χ1) is 11.7. The summed E-state index contributed by atoms with van der Waals surface area (Å²) in [6.45, 7) is 0. The quantitative estimate of drug-likeness (QED) is 0.731. The number of carbonyl (C=O) groups excluding carboxylic acids is 1. The molecule has 2 aromatic heterocycles. The predicted molar refractivity (Wildman–Crippen MR) is 85.7 cm³/mol. The Bertz CT molecular complexity index is 893. The van der Waals surface area contributed by atoms with Crippen molar-refractivity contribution in [2.45, 2.75) is 0 Å². The highest BCUT2D eigenvalue weighted by atomic mass is 16.5. The van der Waals surface area contributed by atoms with Crippen molar-refractivity contribution in [3.05, 3.63) is 30.4 Å². The van der Waals surface area contributed by atoms with E-state index in [0.717, 1.165) is 0 Å². The van der Waals surface area contributed by atoms with Crippen LogP contribution < -0.4 is 19.5 Å². The van der Waals surface area contributed by atoms with Crippen molar-refractivity contribution in [2.75, 3.05) is 26.6 Å². The molecule has 124 valence electrons. The Morgan fingerprint density at radius 3 is 2.42 bits per heavy atom. The summed E-state index contributed by atoms with van der Waals surface area (Å²) in [7, 11) is 4.47. The van der Waals surface area contributed by atoms with E-state index >= 15 is 0 Å². The van der Waals surface area contributed by atoms with Crippen molar-refractivity contribution >= 4 is 22.9 Å². The molecule has 9 nitrogen and oxygen atoms in total. The van der Waals surface area contributed by atoms with Gasteiger partial charge in [0.05, 0.1) is 33.2 Å². The first-order valence-electron chi connectivity index (χ1n) is 6.93. The molecule has 0 aliphatic carbocycles. The molecule has 0 aliphatic heterocycles. The molecule has 3 rings (SSSR count). The molecule has 0 unspecified atom stereocenters. The molecule has 0 saturated heterocycles. The van der Waals surface area contributed by atoms with E-state index < -0.39 is 5.91 Å². The number of aromatic nitrogens is 4. The van der Waals surface area contributed by atoms with Gasteiger partial charge in [0.15, 0.2) is 23.0 Å². The lowest BCUT2D eigenvalue weighted by Gasteiger charge is -2.13. The summed E-state index contributed by atoms with van der Waals surface area (Å²) in [6, 6.07) is 3.12. The molecule has 2 heterocycles. The zero-order valence-electron chi connectivity index (χ0n) is 13.3. The number of nitrogens with zero attached hydrogens (tertiary/aromatic N) is 3. The van der Waals surface area contributed by atoms with Crippen LogP contribution in [0.25, 0.3) is 11.2 Å². The summed E-state index contributed by atoms with van der Waals surface area (Å²) in [4.78, 5) is 27.6. The smallest absolute Gasteiger partial charge is 0.260 e. The van der Waals surface area contributed by atoms with Gasteiger partial charge in [-0.1, -0.05) is 0 Å². The van der Waals surface area contributed by atoms with Crippen molar-refractivity contribution in [2.24, 2.45) is 0 Å². The highest BCUT2D eigenvalue weighted by Gasteiger charge is 2.19. The van der Waals surface area contributed by atoms with Gasteiger partial charge in [-0.2, -0.15) is 0 Å². The van der Waals surface area contributed by atoms with Gasteiger partial charge in [0.25, 0.3) is 5.91 Å². The van der Waals surface area contributed by atoms with Crippen LogP contribution >= 0.6 is 0 Å². The maximum absolute atomic E-state index is 12.6. The van der Waals surface area contributed by atoms with Crippen LogP contribution in [0.15, 0.2) is 24.8 Å². The fourth-order valence-corrected chi connectivity index (χ4v) is 2.24. The van der Waals surface area contributed by atoms with E-state index in [4.69, 9.17) is 14.2 Å². The third-order valence-corrected chi connectivity index (χ3v) is 3.41. The van der Waals surface area contributed by atoms with Gasteiger partial charge in [-0.25, -0.2) is 15.0 Å². The van der Waals surface area contributed by atoms with E-state index in [9.17, 15) is 4.79 Å². The Morgan fingerprint density at radius 2 is 1.71 bits per heavy atom. The van der Waals surface area contributed by atoms with Crippen LogP contribution in [-0.2, 0) is 0 Å². The molecule has 1 aromatic carbocycles. The SMILES string of the molecule is COc1cc(OC)c(C(=O)Nc2ncnc3nc[nH]c23)cc1OC. The lowest BCUT2D eigenvalue weighted by atomic mass is 10.1. The zero-order valence-corrected chi connectivity index (χ0v) is 13.3. The van der Waals surface area contributed by atoms with Gasteiger partial charge in [0, 0.05) is 12.1 Å². The van der Waals surface area contributed by atoms with E-state index in [1.165, 1.54) is 34.0 Å². The normalized spacial score (nSPS) is 10.5. The molecule has 0 fully saturated rings. The van der Waals surface area contributed by atoms with E-state index in [2.05, 4.69) is 25.3 Å². The number of methoxy groups -OCH3 is 3. The Morgan fingerprint density at radius 1 is 1.00 bits per heavy atom. The van der Waals surface area contributed by atoms with Gasteiger partial charge < -0.3 is 24.5 Å². The summed E-state index contributed by atoms with van der Waals surface area (Å²) >= 11 is 0. The highest BCUT2D eigenvalue weighted by molar-refractivity contribution is 6.08. The van der Waals surface area contributed by atoms with Gasteiger partial charge in [-0.15, -0.1) is 0 Å². The number of hydrogen-bond donors (Lipinski definition) is 2. The molecule has 0 spiro atoms. The largest absolute Gasteiger partial charge is 0.496 e. The summed E-state index contributed by atoms with van der Waals surface area (Å²) in [6.07, 6.45) is 2.80. The number of fused-ring (bicyclic) bond motifs is 1. The fraction of sp³-hybridized carbons (Fsp3) is 0.200. The van der Waals surface area contributed by atoms with Crippen LogP contribution in [0.5, 0.6) is 17.2 Å². The maximum Gasteiger partial charge on any atom is 0.260 e. The molecule has 24 heavy (non-hydrogen) atoms. The summed E-state index contributed by atoms with van der Waals surface area (Å²) in [5.41, 5.74) is 1.27. The molecule has 0 atom stereocenters. The number of rotatable bonds is 5. The van der Waals surface area contributed by atoms with Gasteiger partial charge in [-0.05, 0) is 0 Å². The standard InChI is InChI=1S/C15H15N5O4/c1-22-9-5-11(24-3)10(23-2)4-8(9)15(21)20-14-12-13(17-6-16-12)18-7-19-14/h4-7H,1-3H3,(H2,16,17,18,19,20,21). The topological polar surface area (TPSA) is 111 Å². The third kappa shape index (κ3) is 2.67. The van der Waals surface area contributed by atoms with Crippen LogP contribution in [0, 0.1) is 0 Å². The van der Waals surface area contributed by atoms with Crippen molar-refractivity contribution in [3.8, 4) is 17.2 Å². The zero-order chi connectivity index (χ0) is 17.1. The van der Waals surface area contributed by atoms with Crippen LogP contribution in [0.1, 0.15) is 10.4 Å². The molecule has 9 heteroatoms. The minimum absolute atomic E-state index is 0.279. The fourth-order valence-electron chi connectivity index (χ4n) is 2.24. The van der Waals surface area contributed by atoms with E-state index in [0.29, 0.717) is 34.2 Å². The first kappa shape index (κ1) is 15.5. The molecular weight excluding hydrogens is 314 g/mol. The first-order valence-corrected chi connectivity index (χ1v) is 6.93. The number of aromatic amines is 1. The lowest BCUT2D eigenvalue weighted by molar-refractivity contribution is 0.102. The highest BCUT2D eigenvalue weighted by Crippen LogP contribution is 2.35. The van der Waals surface area contributed by atoms with Crippen molar-refractivity contribution in [1.82, 2.24) is 19.9 Å². The Balaban J connectivity index is 1.99. The minimum Gasteiger partial charge on any atom is -0.496 e. The predicted octanol–water partition coefficient (Wildman–Crippen LogP) is 1.63. The second-order valence-electron chi connectivity index (χ2n) is 4.69. The van der Waals surface area contributed by atoms with E-state index in [1.807, 2.05) is 0 Å². The summed E-state index contributed by atoms with van der Waals surface area (Å²) in [5, 5.41) is 2.71. The van der Waals surface area contributed by atoms with Gasteiger partial charge >= 0.3 is 0 Å². The Labute approximate surface area is 137 Å². The molecule has 1 amide bonds. The van der Waals surface area contributed by atoms with E-state index in [1.54, 1.807) is 12.1 Å². The van der Waals surface area contributed by atoms with E-state index in [-0.39, 0.29) is 5.56 Å². The second kappa shape index (κ2) is 6.41. The van der Waals surface area contributed by atoms with Gasteiger partial charge in [0.1, 0.15) is 17.6 Å². The number of carbonyl (C=O) groups is 1. The number of imidazole rings is 1. The number of amides is 1. The molecule has 0 bridgehead atoms. The number of hydrogen-bond acceptors (Lipinski definition) is 7. The van der Waals surface area contributed by atoms with Gasteiger partial charge in [0.2, 0.25) is 0 Å². The number of nitrogens with one attached hydrogen (secondary N) is 2. The number of H-pyrrole nitrogens is 1. The molecule has 0 saturated carbocycles. The summed E-state index contributed by atoms with van der Waals surface area (Å²) in [5.74, 6) is 1.13. The maximum atomic E-state index is 12.6. The molecule has 0 radical (unpaired) electrons. The molecular formula is C15H15N5O4. The number of ether oxygens (including phenoxy) is 3. The van der Waals surface area contributed by atoms with Gasteiger partial charge in [-0.3, -0.25) is 4.79 Å². The molecule has 3 aromatic rings. The monoisotopic (exact) mass is 329 g/mol. The Kier molecular flexibility index (Phi) is 4.15. The molecule has 2 N–H and O–H groups in total. The second-order valence-corrected chi connectivity index (χ2v) is 4.69. The number of benzene rings is 1. The summed E-state index contributed by atoms with van der Waals surface area (Å²) < 4.78 is 15.7. The van der Waals surface area contributed by atoms with Crippen molar-refractivity contribution < 1.29 is 19.0 Å². The number of anilines is 1. The van der Waals surface area contributed by atoms with Crippen LogP contribution in [0.2, 0.25) is 0 Å². The van der Waals surface area contributed by atoms with Crippen molar-refractivity contribution in [3.63, 3.8) is 0 Å². The molecule has 0 aliphatic rings. The minimum atomic E-state index is -0.414. The lowest BCUT2D eigenvalue weighted by Crippen LogP contribution is -2.15. The van der Waals surface area contributed by atoms with Crippen LogP contribution in [0.4, 0.5) is 5.82 Å². The Hall–Kier alpha value is -3.36. The van der Waals surface area contributed by atoms with Crippen LogP contribution in [0.3, 0.4) is 0 Å². The van der Waals surface area contributed by atoms with Crippen molar-refractivity contribution in [1.29, 1.82) is 0 Å².